The van der Waals surface area contributed by atoms with Crippen molar-refractivity contribution in [2.24, 2.45) is 5.92 Å². The molecule has 110 valence electrons. The number of piperidine rings is 1. The van der Waals surface area contributed by atoms with Gasteiger partial charge in [0.25, 0.3) is 0 Å². The van der Waals surface area contributed by atoms with E-state index in [0.717, 1.165) is 19.4 Å². The van der Waals surface area contributed by atoms with Crippen molar-refractivity contribution in [3.05, 3.63) is 18.2 Å². The predicted molar refractivity (Wildman–Crippen MR) is 72.0 cm³/mol. The van der Waals surface area contributed by atoms with Gasteiger partial charge in [0.05, 0.1) is 12.4 Å². The summed E-state index contributed by atoms with van der Waals surface area (Å²) in [4.78, 5) is 30.1. The van der Waals surface area contributed by atoms with Crippen molar-refractivity contribution < 1.29 is 14.7 Å². The first-order valence-electron chi connectivity index (χ1n) is 6.81. The lowest BCUT2D eigenvalue weighted by Gasteiger charge is -2.30. The zero-order valence-electron chi connectivity index (χ0n) is 11.4. The number of amides is 1. The van der Waals surface area contributed by atoms with E-state index in [4.69, 9.17) is 0 Å². The first-order chi connectivity index (χ1) is 9.58. The Morgan fingerprint density at radius 3 is 3.00 bits per heavy atom. The van der Waals surface area contributed by atoms with Crippen LogP contribution in [-0.4, -0.2) is 45.6 Å². The van der Waals surface area contributed by atoms with Gasteiger partial charge in [-0.2, -0.15) is 0 Å². The molecular weight excluding hydrogens is 260 g/mol. The number of carbonyl (C=O) groups is 2. The fourth-order valence-electron chi connectivity index (χ4n) is 2.48. The standard InChI is InChI=1S/C13H20N4O3/c1-8-3-2-4-15-11(8)12(18)17-10(13(19)20)5-9-6-14-7-16-9/h6-8,10-11,15H,2-5H2,1H3,(H,14,16)(H,17,18)(H,19,20)/t8?,10-,11?/m0/s1. The minimum atomic E-state index is -1.04. The molecule has 1 amide bonds. The van der Waals surface area contributed by atoms with Crippen LogP contribution in [0.5, 0.6) is 0 Å². The van der Waals surface area contributed by atoms with Crippen molar-refractivity contribution in [1.82, 2.24) is 20.6 Å². The highest BCUT2D eigenvalue weighted by Crippen LogP contribution is 2.15. The van der Waals surface area contributed by atoms with E-state index in [2.05, 4.69) is 20.6 Å². The summed E-state index contributed by atoms with van der Waals surface area (Å²) in [7, 11) is 0. The second-order valence-electron chi connectivity index (χ2n) is 5.23. The third-order valence-corrected chi connectivity index (χ3v) is 3.65. The monoisotopic (exact) mass is 280 g/mol. The number of carboxylic acids is 1. The summed E-state index contributed by atoms with van der Waals surface area (Å²) in [5.41, 5.74) is 0.683. The van der Waals surface area contributed by atoms with E-state index in [-0.39, 0.29) is 24.3 Å². The Labute approximate surface area is 117 Å². The molecule has 2 rings (SSSR count). The molecule has 20 heavy (non-hydrogen) atoms. The van der Waals surface area contributed by atoms with Gasteiger partial charge in [-0.05, 0) is 25.3 Å². The average molecular weight is 280 g/mol. The molecule has 4 N–H and O–H groups in total. The second kappa shape index (κ2) is 6.51. The fraction of sp³-hybridized carbons (Fsp3) is 0.615. The quantitative estimate of drug-likeness (QED) is 0.603. The maximum absolute atomic E-state index is 12.2. The Morgan fingerprint density at radius 1 is 1.60 bits per heavy atom. The molecule has 1 fully saturated rings. The summed E-state index contributed by atoms with van der Waals surface area (Å²) < 4.78 is 0. The number of carbonyl (C=O) groups excluding carboxylic acids is 1. The van der Waals surface area contributed by atoms with Crippen molar-refractivity contribution in [2.45, 2.75) is 38.3 Å². The van der Waals surface area contributed by atoms with Gasteiger partial charge in [-0.25, -0.2) is 9.78 Å². The molecule has 1 aromatic rings. The number of carboxylic acid groups (broad SMARTS) is 1. The minimum Gasteiger partial charge on any atom is -0.480 e. The molecule has 2 heterocycles. The van der Waals surface area contributed by atoms with E-state index >= 15 is 0 Å². The number of hydrogen-bond donors (Lipinski definition) is 4. The molecule has 0 spiro atoms. The van der Waals surface area contributed by atoms with Gasteiger partial charge in [0, 0.05) is 18.3 Å². The molecule has 1 saturated heterocycles. The Balaban J connectivity index is 1.96. The van der Waals surface area contributed by atoms with E-state index < -0.39 is 12.0 Å². The van der Waals surface area contributed by atoms with E-state index in [1.807, 2.05) is 6.92 Å². The third kappa shape index (κ3) is 3.57. The molecular formula is C13H20N4O3. The number of nitrogens with zero attached hydrogens (tertiary/aromatic N) is 1. The molecule has 0 bridgehead atoms. The van der Waals surface area contributed by atoms with Gasteiger partial charge in [-0.3, -0.25) is 4.79 Å². The number of aromatic amines is 1. The van der Waals surface area contributed by atoms with Gasteiger partial charge in [-0.1, -0.05) is 6.92 Å². The first-order valence-corrected chi connectivity index (χ1v) is 6.81. The van der Waals surface area contributed by atoms with Crippen molar-refractivity contribution in [3.8, 4) is 0 Å². The number of imidazole rings is 1. The lowest BCUT2D eigenvalue weighted by molar-refractivity contribution is -0.142. The van der Waals surface area contributed by atoms with E-state index in [0.29, 0.717) is 5.69 Å². The van der Waals surface area contributed by atoms with Gasteiger partial charge >= 0.3 is 5.97 Å². The molecule has 7 heteroatoms. The van der Waals surface area contributed by atoms with Crippen LogP contribution in [0.25, 0.3) is 0 Å². The molecule has 0 aromatic carbocycles. The summed E-state index contributed by atoms with van der Waals surface area (Å²) in [5.74, 6) is -1.08. The van der Waals surface area contributed by atoms with Crippen molar-refractivity contribution in [3.63, 3.8) is 0 Å². The lowest BCUT2D eigenvalue weighted by Crippen LogP contribution is -2.55. The molecule has 3 atom stereocenters. The van der Waals surface area contributed by atoms with Crippen LogP contribution < -0.4 is 10.6 Å². The van der Waals surface area contributed by atoms with E-state index in [1.165, 1.54) is 6.33 Å². The van der Waals surface area contributed by atoms with E-state index in [1.54, 1.807) is 6.20 Å². The van der Waals surface area contributed by atoms with Gasteiger partial charge < -0.3 is 20.7 Å². The highest BCUT2D eigenvalue weighted by molar-refractivity contribution is 5.87. The highest BCUT2D eigenvalue weighted by atomic mass is 16.4. The molecule has 1 aliphatic heterocycles. The van der Waals surface area contributed by atoms with Crippen molar-refractivity contribution in [1.29, 1.82) is 0 Å². The predicted octanol–water partition coefficient (Wildman–Crippen LogP) is -0.0903. The van der Waals surface area contributed by atoms with Crippen LogP contribution in [0.4, 0.5) is 0 Å². The number of aliphatic carboxylic acids is 1. The maximum Gasteiger partial charge on any atom is 0.326 e. The minimum absolute atomic E-state index is 0.197. The van der Waals surface area contributed by atoms with Gasteiger partial charge in [0.15, 0.2) is 0 Å². The van der Waals surface area contributed by atoms with Gasteiger partial charge in [0.2, 0.25) is 5.91 Å². The smallest absolute Gasteiger partial charge is 0.326 e. The Bertz CT molecular complexity index is 460. The fourth-order valence-corrected chi connectivity index (χ4v) is 2.48. The lowest BCUT2D eigenvalue weighted by atomic mass is 9.92. The van der Waals surface area contributed by atoms with Crippen LogP contribution >= 0.6 is 0 Å². The Kier molecular flexibility index (Phi) is 4.73. The zero-order valence-corrected chi connectivity index (χ0v) is 11.4. The normalized spacial score (nSPS) is 24.1. The van der Waals surface area contributed by atoms with Crippen LogP contribution in [-0.2, 0) is 16.0 Å². The van der Waals surface area contributed by atoms with Crippen LogP contribution in [0, 0.1) is 5.92 Å². The van der Waals surface area contributed by atoms with Gasteiger partial charge in [-0.15, -0.1) is 0 Å². The summed E-state index contributed by atoms with van der Waals surface area (Å²) in [6, 6.07) is -1.26. The van der Waals surface area contributed by atoms with Crippen molar-refractivity contribution >= 4 is 11.9 Å². The van der Waals surface area contributed by atoms with Crippen LogP contribution in [0.1, 0.15) is 25.5 Å². The Morgan fingerprint density at radius 2 is 2.40 bits per heavy atom. The van der Waals surface area contributed by atoms with Crippen molar-refractivity contribution in [2.75, 3.05) is 6.54 Å². The maximum atomic E-state index is 12.2. The first kappa shape index (κ1) is 14.5. The summed E-state index contributed by atoms with van der Waals surface area (Å²) in [6.07, 6.45) is 5.26. The summed E-state index contributed by atoms with van der Waals surface area (Å²) in [5, 5.41) is 15.0. The zero-order chi connectivity index (χ0) is 14.5. The molecule has 0 saturated carbocycles. The summed E-state index contributed by atoms with van der Waals surface area (Å²) in [6.45, 7) is 2.79. The topological polar surface area (TPSA) is 107 Å². The number of nitrogens with one attached hydrogen (secondary N) is 3. The molecule has 1 aromatic heterocycles. The highest BCUT2D eigenvalue weighted by Gasteiger charge is 2.30. The number of H-pyrrole nitrogens is 1. The number of rotatable bonds is 5. The van der Waals surface area contributed by atoms with Crippen LogP contribution in [0.15, 0.2) is 12.5 Å². The molecule has 2 unspecified atom stereocenters. The molecule has 1 aliphatic rings. The number of aromatic nitrogens is 2. The molecule has 7 nitrogen and oxygen atoms in total. The van der Waals surface area contributed by atoms with Gasteiger partial charge in [0.1, 0.15) is 6.04 Å². The second-order valence-corrected chi connectivity index (χ2v) is 5.23. The largest absolute Gasteiger partial charge is 0.480 e. The third-order valence-electron chi connectivity index (χ3n) is 3.65. The molecule has 0 aliphatic carbocycles. The Hall–Kier alpha value is -1.89. The van der Waals surface area contributed by atoms with Crippen LogP contribution in [0.2, 0.25) is 0 Å². The van der Waals surface area contributed by atoms with Crippen LogP contribution in [0.3, 0.4) is 0 Å². The molecule has 0 radical (unpaired) electrons. The van der Waals surface area contributed by atoms with E-state index in [9.17, 15) is 14.7 Å². The number of hydrogen-bond acceptors (Lipinski definition) is 4. The SMILES string of the molecule is CC1CCCNC1C(=O)N[C@@H](Cc1cnc[nH]1)C(=O)O. The average Bonchev–Trinajstić information content (AvgIpc) is 2.91. The summed E-state index contributed by atoms with van der Waals surface area (Å²) >= 11 is 0.